The lowest BCUT2D eigenvalue weighted by Crippen LogP contribution is -2.28. The Morgan fingerprint density at radius 1 is 1.12 bits per heavy atom. The molecule has 16 heavy (non-hydrogen) atoms. The van der Waals surface area contributed by atoms with Gasteiger partial charge < -0.3 is 5.32 Å². The maximum atomic E-state index is 13.2. The molecule has 0 saturated heterocycles. The van der Waals surface area contributed by atoms with E-state index in [1.165, 1.54) is 0 Å². The number of hydrogen-bond acceptors (Lipinski definition) is 1. The monoisotopic (exact) mass is 235 g/mol. The second-order valence-electron chi connectivity index (χ2n) is 3.76. The first-order valence-electron chi connectivity index (χ1n) is 4.82. The summed E-state index contributed by atoms with van der Waals surface area (Å²) in [4.78, 5) is 0. The number of nitrogens with one attached hydrogen (secondary N) is 1. The van der Waals surface area contributed by atoms with E-state index in [4.69, 9.17) is 0 Å². The summed E-state index contributed by atoms with van der Waals surface area (Å²) >= 11 is 0. The van der Waals surface area contributed by atoms with Crippen LogP contribution < -0.4 is 5.32 Å². The number of aryl methyl sites for hydroxylation is 2. The van der Waals surface area contributed by atoms with E-state index in [2.05, 4.69) is 5.32 Å². The standard InChI is InChI=1S/C11H13F4N/c1-7-3-9(4-8(2)10(7)12)5-16-6-11(13,14)15/h3-4,16H,5-6H2,1-2H3. The van der Waals surface area contributed by atoms with Crippen molar-refractivity contribution in [1.29, 1.82) is 0 Å². The molecule has 0 aliphatic carbocycles. The highest BCUT2D eigenvalue weighted by atomic mass is 19.4. The Balaban J connectivity index is 2.62. The molecule has 0 unspecified atom stereocenters. The van der Waals surface area contributed by atoms with Gasteiger partial charge in [0.25, 0.3) is 0 Å². The number of alkyl halides is 3. The van der Waals surface area contributed by atoms with Gasteiger partial charge in [0, 0.05) is 6.54 Å². The predicted molar refractivity (Wildman–Crippen MR) is 53.6 cm³/mol. The lowest BCUT2D eigenvalue weighted by atomic mass is 10.1. The second-order valence-corrected chi connectivity index (χ2v) is 3.76. The van der Waals surface area contributed by atoms with Gasteiger partial charge in [-0.05, 0) is 30.5 Å². The Hall–Kier alpha value is -1.10. The predicted octanol–water partition coefficient (Wildman–Crippen LogP) is 3.09. The van der Waals surface area contributed by atoms with Crippen LogP contribution in [0.5, 0.6) is 0 Å². The van der Waals surface area contributed by atoms with Crippen LogP contribution in [0.4, 0.5) is 17.6 Å². The van der Waals surface area contributed by atoms with Gasteiger partial charge in [-0.1, -0.05) is 12.1 Å². The molecule has 1 aromatic rings. The Bertz CT molecular complexity index is 348. The van der Waals surface area contributed by atoms with Crippen molar-refractivity contribution >= 4 is 0 Å². The van der Waals surface area contributed by atoms with Gasteiger partial charge in [-0.3, -0.25) is 0 Å². The molecule has 0 aliphatic heterocycles. The molecule has 0 fully saturated rings. The van der Waals surface area contributed by atoms with Gasteiger partial charge in [-0.2, -0.15) is 13.2 Å². The van der Waals surface area contributed by atoms with Crippen LogP contribution in [0.25, 0.3) is 0 Å². The van der Waals surface area contributed by atoms with Crippen molar-refractivity contribution in [3.63, 3.8) is 0 Å². The molecule has 0 heterocycles. The fourth-order valence-corrected chi connectivity index (χ4v) is 1.49. The molecule has 0 saturated carbocycles. The molecular formula is C11H13F4N. The van der Waals surface area contributed by atoms with Crippen LogP contribution >= 0.6 is 0 Å². The molecular weight excluding hydrogens is 222 g/mol. The summed E-state index contributed by atoms with van der Waals surface area (Å²) in [6.45, 7) is 2.23. The van der Waals surface area contributed by atoms with Crippen LogP contribution in [-0.2, 0) is 6.54 Å². The third-order valence-electron chi connectivity index (χ3n) is 2.15. The van der Waals surface area contributed by atoms with Gasteiger partial charge >= 0.3 is 6.18 Å². The average Bonchev–Trinajstić information content (AvgIpc) is 2.12. The molecule has 5 heteroatoms. The van der Waals surface area contributed by atoms with Crippen LogP contribution in [0.3, 0.4) is 0 Å². The first kappa shape index (κ1) is 13.0. The van der Waals surface area contributed by atoms with E-state index >= 15 is 0 Å². The molecule has 0 spiro atoms. The number of rotatable bonds is 3. The van der Waals surface area contributed by atoms with Crippen molar-refractivity contribution in [1.82, 2.24) is 5.32 Å². The molecule has 1 N–H and O–H groups in total. The van der Waals surface area contributed by atoms with Crippen molar-refractivity contribution < 1.29 is 17.6 Å². The zero-order valence-electron chi connectivity index (χ0n) is 9.08. The first-order chi connectivity index (χ1) is 7.29. The van der Waals surface area contributed by atoms with Crippen LogP contribution in [0.1, 0.15) is 16.7 Å². The minimum atomic E-state index is -4.22. The summed E-state index contributed by atoms with van der Waals surface area (Å²) in [7, 11) is 0. The van der Waals surface area contributed by atoms with Crippen LogP contribution in [-0.4, -0.2) is 12.7 Å². The Morgan fingerprint density at radius 2 is 1.62 bits per heavy atom. The third kappa shape index (κ3) is 3.81. The van der Waals surface area contributed by atoms with Gasteiger partial charge in [0.05, 0.1) is 6.54 Å². The van der Waals surface area contributed by atoms with E-state index in [-0.39, 0.29) is 12.4 Å². The third-order valence-corrected chi connectivity index (χ3v) is 2.15. The number of benzene rings is 1. The maximum Gasteiger partial charge on any atom is 0.401 e. The highest BCUT2D eigenvalue weighted by Gasteiger charge is 2.26. The molecule has 0 bridgehead atoms. The smallest absolute Gasteiger partial charge is 0.305 e. The Morgan fingerprint density at radius 3 is 2.06 bits per heavy atom. The molecule has 1 rings (SSSR count). The summed E-state index contributed by atoms with van der Waals surface area (Å²) in [5.41, 5.74) is 1.55. The van der Waals surface area contributed by atoms with Crippen molar-refractivity contribution in [3.8, 4) is 0 Å². The summed E-state index contributed by atoms with van der Waals surface area (Å²) in [6.07, 6.45) is -4.22. The highest BCUT2D eigenvalue weighted by molar-refractivity contribution is 5.30. The zero-order valence-corrected chi connectivity index (χ0v) is 9.08. The maximum absolute atomic E-state index is 13.2. The highest BCUT2D eigenvalue weighted by Crippen LogP contribution is 2.16. The molecule has 0 atom stereocenters. The summed E-state index contributed by atoms with van der Waals surface area (Å²) in [6, 6.07) is 3.09. The lowest BCUT2D eigenvalue weighted by Gasteiger charge is -2.10. The zero-order chi connectivity index (χ0) is 12.3. The van der Waals surface area contributed by atoms with E-state index in [1.54, 1.807) is 26.0 Å². The van der Waals surface area contributed by atoms with E-state index in [9.17, 15) is 17.6 Å². The van der Waals surface area contributed by atoms with E-state index < -0.39 is 12.7 Å². The normalized spacial score (nSPS) is 11.9. The topological polar surface area (TPSA) is 12.0 Å². The van der Waals surface area contributed by atoms with Gasteiger partial charge in [0.15, 0.2) is 0 Å². The molecule has 0 radical (unpaired) electrons. The van der Waals surface area contributed by atoms with E-state index in [0.717, 1.165) is 0 Å². The summed E-state index contributed by atoms with van der Waals surface area (Å²) in [5.74, 6) is -0.306. The number of halogens is 4. The minimum absolute atomic E-state index is 0.0848. The number of hydrogen-bond donors (Lipinski definition) is 1. The van der Waals surface area contributed by atoms with Crippen molar-refractivity contribution in [2.45, 2.75) is 26.6 Å². The molecule has 0 aromatic heterocycles. The fourth-order valence-electron chi connectivity index (χ4n) is 1.49. The quantitative estimate of drug-likeness (QED) is 0.794. The Labute approximate surface area is 91.5 Å². The van der Waals surface area contributed by atoms with E-state index in [1.807, 2.05) is 0 Å². The van der Waals surface area contributed by atoms with Gasteiger partial charge in [-0.15, -0.1) is 0 Å². The van der Waals surface area contributed by atoms with Crippen LogP contribution in [0.15, 0.2) is 12.1 Å². The van der Waals surface area contributed by atoms with Crippen molar-refractivity contribution in [2.75, 3.05) is 6.54 Å². The molecule has 0 aliphatic rings. The van der Waals surface area contributed by atoms with Crippen LogP contribution in [0.2, 0.25) is 0 Å². The second kappa shape index (κ2) is 4.82. The molecule has 1 nitrogen and oxygen atoms in total. The Kier molecular flexibility index (Phi) is 3.91. The average molecular weight is 235 g/mol. The fraction of sp³-hybridized carbons (Fsp3) is 0.455. The first-order valence-corrected chi connectivity index (χ1v) is 4.82. The van der Waals surface area contributed by atoms with Crippen LogP contribution in [0, 0.1) is 19.7 Å². The largest absolute Gasteiger partial charge is 0.401 e. The van der Waals surface area contributed by atoms with Gasteiger partial charge in [0.1, 0.15) is 5.82 Å². The molecule has 90 valence electrons. The van der Waals surface area contributed by atoms with Crippen molar-refractivity contribution in [2.24, 2.45) is 0 Å². The lowest BCUT2D eigenvalue weighted by molar-refractivity contribution is -0.125. The minimum Gasteiger partial charge on any atom is -0.305 e. The SMILES string of the molecule is Cc1cc(CNCC(F)(F)F)cc(C)c1F. The summed E-state index contributed by atoms with van der Waals surface area (Å²) < 4.78 is 48.8. The molecule has 0 amide bonds. The molecule has 1 aromatic carbocycles. The summed E-state index contributed by atoms with van der Waals surface area (Å²) in [5, 5.41) is 2.27. The van der Waals surface area contributed by atoms with Gasteiger partial charge in [-0.25, -0.2) is 4.39 Å². The van der Waals surface area contributed by atoms with Gasteiger partial charge in [0.2, 0.25) is 0 Å². The van der Waals surface area contributed by atoms with E-state index in [0.29, 0.717) is 16.7 Å². The van der Waals surface area contributed by atoms with Crippen molar-refractivity contribution in [3.05, 3.63) is 34.6 Å².